The second-order valence-electron chi connectivity index (χ2n) is 17.8. The molecule has 21 nitrogen and oxygen atoms in total. The van der Waals surface area contributed by atoms with E-state index in [1.54, 1.807) is 13.8 Å². The third kappa shape index (κ3) is 12.4. The number of nitrogens with zero attached hydrogens (tertiary/aromatic N) is 3. The highest BCUT2D eigenvalue weighted by Gasteiger charge is 2.44. The van der Waals surface area contributed by atoms with Gasteiger partial charge in [0.2, 0.25) is 41.4 Å². The van der Waals surface area contributed by atoms with Gasteiger partial charge in [0, 0.05) is 32.5 Å². The van der Waals surface area contributed by atoms with Crippen molar-refractivity contribution in [2.45, 2.75) is 160 Å². The fourth-order valence-electron chi connectivity index (χ4n) is 8.73. The summed E-state index contributed by atoms with van der Waals surface area (Å²) in [7, 11) is 0. The molecule has 21 heteroatoms. The molecule has 0 aromatic heterocycles. The molecular weight excluding hydrogens is 811 g/mol. The molecule has 4 fully saturated rings. The quantitative estimate of drug-likeness (QED) is 0.0605. The number of quaternary nitrogens is 1. The summed E-state index contributed by atoms with van der Waals surface area (Å²) < 4.78 is 0. The zero-order chi connectivity index (χ0) is 46.0. The summed E-state index contributed by atoms with van der Waals surface area (Å²) in [5.41, 5.74) is 0. The smallest absolute Gasteiger partial charge is 0.278 e. The Kier molecular flexibility index (Phi) is 18.0. The van der Waals surface area contributed by atoms with E-state index in [1.165, 1.54) is 28.5 Å². The number of nitrogens with two attached hydrogens (primary N) is 1. The van der Waals surface area contributed by atoms with Crippen LogP contribution in [0.2, 0.25) is 0 Å². The first-order valence-electron chi connectivity index (χ1n) is 22.0. The Balaban J connectivity index is 1.35. The molecule has 4 saturated heterocycles. The SMILES string of the molecule is CC(C)C[C@H](NC(=O)[C@@H]1CCCN1C(=O)[C@@H](NC(=O)[C@@H]1CCCN1C(=O)[C@H](C)NC(=O)[C@H](CO)NC(=O)[C@@H]1CCCN1C(=O)[C@@H](NC(=O)[C@@H]1CCC[NH2+]1)[C@@H](C)O)C(C)C)C(=O)[O-]. The van der Waals surface area contributed by atoms with Crippen LogP contribution in [0.15, 0.2) is 0 Å². The standard InChI is InChI=1S/C41H67N9O12/c1-21(2)19-26(41(61)62)44-35(55)28-12-9-17-49(28)39(59)31(22(3)4)46-37(57)30-14-8-16-48(30)38(58)23(5)43-34(54)27(20-51)45-36(56)29-13-10-18-50(29)40(60)32(24(6)52)47-33(53)25-11-7-15-42-25/h21-32,42,51-52H,7-20H2,1-6H3,(H,43,54)(H,44,55)(H,45,56)(H,46,57)(H,47,53)(H,61,62)/t23-,24+,25-,26-,27-,28-,29-,30-,31-,32-/m0/s1. The average molecular weight is 878 g/mol. The highest BCUT2D eigenvalue weighted by atomic mass is 16.4. The van der Waals surface area contributed by atoms with Crippen LogP contribution in [0.4, 0.5) is 0 Å². The van der Waals surface area contributed by atoms with Crippen molar-refractivity contribution in [1.82, 2.24) is 41.3 Å². The van der Waals surface area contributed by atoms with Gasteiger partial charge < -0.3 is 66.7 Å². The lowest BCUT2D eigenvalue weighted by atomic mass is 10.0. The van der Waals surface area contributed by atoms with Crippen molar-refractivity contribution in [3.8, 4) is 0 Å². The van der Waals surface area contributed by atoms with Crippen LogP contribution in [0.5, 0.6) is 0 Å². The van der Waals surface area contributed by atoms with Crippen molar-refractivity contribution in [2.75, 3.05) is 32.8 Å². The van der Waals surface area contributed by atoms with E-state index in [2.05, 4.69) is 26.6 Å². The van der Waals surface area contributed by atoms with Gasteiger partial charge in [-0.2, -0.15) is 0 Å². The largest absolute Gasteiger partial charge is 0.548 e. The minimum Gasteiger partial charge on any atom is -0.548 e. The summed E-state index contributed by atoms with van der Waals surface area (Å²) in [6.07, 6.45) is 2.51. The lowest BCUT2D eigenvalue weighted by Crippen LogP contribution is -2.89. The lowest BCUT2D eigenvalue weighted by Gasteiger charge is -2.33. The lowest BCUT2D eigenvalue weighted by molar-refractivity contribution is -0.657. The molecule has 0 radical (unpaired) electrons. The molecule has 0 spiro atoms. The second kappa shape index (κ2) is 22.5. The molecule has 4 aliphatic heterocycles. The molecule has 0 aromatic rings. The van der Waals surface area contributed by atoms with Gasteiger partial charge in [0.05, 0.1) is 31.3 Å². The number of carbonyl (C=O) groups excluding carboxylic acids is 9. The number of aliphatic hydroxyl groups is 2. The minimum absolute atomic E-state index is 0.0423. The average Bonchev–Trinajstić information content (AvgIpc) is 4.06. The normalized spacial score (nSPS) is 24.2. The van der Waals surface area contributed by atoms with Crippen molar-refractivity contribution in [2.24, 2.45) is 11.8 Å². The van der Waals surface area contributed by atoms with Crippen LogP contribution in [-0.4, -0.2) is 171 Å². The summed E-state index contributed by atoms with van der Waals surface area (Å²) in [6, 6.07) is -9.74. The van der Waals surface area contributed by atoms with E-state index in [4.69, 9.17) is 0 Å². The molecule has 0 bridgehead atoms. The van der Waals surface area contributed by atoms with Crippen LogP contribution in [0.25, 0.3) is 0 Å². The molecule has 0 aliphatic carbocycles. The van der Waals surface area contributed by atoms with Gasteiger partial charge in [-0.15, -0.1) is 0 Å². The number of hydrogen-bond donors (Lipinski definition) is 8. The molecule has 4 aliphatic rings. The molecule has 0 unspecified atom stereocenters. The van der Waals surface area contributed by atoms with Gasteiger partial charge in [-0.3, -0.25) is 38.4 Å². The van der Waals surface area contributed by atoms with Crippen molar-refractivity contribution < 1.29 is 63.8 Å². The van der Waals surface area contributed by atoms with Crippen LogP contribution in [-0.2, 0) is 43.2 Å². The summed E-state index contributed by atoms with van der Waals surface area (Å²) in [4.78, 5) is 123. The number of amides is 8. The highest BCUT2D eigenvalue weighted by molar-refractivity contribution is 5.98. The maximum atomic E-state index is 13.9. The Morgan fingerprint density at radius 3 is 1.52 bits per heavy atom. The first-order chi connectivity index (χ1) is 29.3. The third-order valence-corrected chi connectivity index (χ3v) is 12.2. The number of carbonyl (C=O) groups is 9. The van der Waals surface area contributed by atoms with Gasteiger partial charge in [0.1, 0.15) is 42.3 Å². The topological polar surface area (TPSA) is 304 Å². The number of rotatable bonds is 19. The van der Waals surface area contributed by atoms with Crippen LogP contribution < -0.4 is 37.0 Å². The Labute approximate surface area is 362 Å². The van der Waals surface area contributed by atoms with E-state index in [0.29, 0.717) is 32.1 Å². The molecule has 9 N–H and O–H groups in total. The van der Waals surface area contributed by atoms with E-state index in [-0.39, 0.29) is 56.8 Å². The van der Waals surface area contributed by atoms with Crippen molar-refractivity contribution >= 4 is 53.2 Å². The number of carboxylic acid groups (broad SMARTS) is 1. The third-order valence-electron chi connectivity index (χ3n) is 12.2. The highest BCUT2D eigenvalue weighted by Crippen LogP contribution is 2.24. The molecule has 4 rings (SSSR count). The first-order valence-corrected chi connectivity index (χ1v) is 22.0. The Morgan fingerprint density at radius 1 is 0.613 bits per heavy atom. The van der Waals surface area contributed by atoms with Gasteiger partial charge in [-0.05, 0) is 70.6 Å². The number of likely N-dealkylation sites (tertiary alicyclic amines) is 3. The minimum atomic E-state index is -1.52. The van der Waals surface area contributed by atoms with E-state index in [9.17, 15) is 58.5 Å². The van der Waals surface area contributed by atoms with Gasteiger partial charge >= 0.3 is 0 Å². The molecular formula is C41H67N9O12. The molecule has 0 saturated carbocycles. The van der Waals surface area contributed by atoms with E-state index in [0.717, 1.165) is 13.0 Å². The van der Waals surface area contributed by atoms with Gasteiger partial charge in [-0.25, -0.2) is 0 Å². The number of hydrogen-bond acceptors (Lipinski definition) is 12. The maximum Gasteiger partial charge on any atom is 0.278 e. The number of nitrogens with one attached hydrogen (secondary N) is 5. The summed E-state index contributed by atoms with van der Waals surface area (Å²) >= 11 is 0. The fraction of sp³-hybridized carbons (Fsp3) is 0.780. The van der Waals surface area contributed by atoms with Crippen molar-refractivity contribution in [3.05, 3.63) is 0 Å². The molecule has 8 amide bonds. The first kappa shape index (κ1) is 49.8. The van der Waals surface area contributed by atoms with Gasteiger partial charge in [-0.1, -0.05) is 27.7 Å². The predicted molar refractivity (Wildman–Crippen MR) is 217 cm³/mol. The summed E-state index contributed by atoms with van der Waals surface area (Å²) in [5, 5.41) is 47.0. The predicted octanol–water partition coefficient (Wildman–Crippen LogP) is -5.05. The van der Waals surface area contributed by atoms with Crippen LogP contribution in [0.3, 0.4) is 0 Å². The van der Waals surface area contributed by atoms with Crippen LogP contribution in [0.1, 0.15) is 99.3 Å². The zero-order valence-electron chi connectivity index (χ0n) is 36.7. The fourth-order valence-corrected chi connectivity index (χ4v) is 8.73. The van der Waals surface area contributed by atoms with Crippen LogP contribution in [0, 0.1) is 11.8 Å². The molecule has 10 atom stereocenters. The molecule has 62 heavy (non-hydrogen) atoms. The van der Waals surface area contributed by atoms with E-state index in [1.807, 2.05) is 19.2 Å². The van der Waals surface area contributed by atoms with Gasteiger partial charge in [0.15, 0.2) is 6.04 Å². The van der Waals surface area contributed by atoms with Crippen molar-refractivity contribution in [1.29, 1.82) is 0 Å². The number of aliphatic hydroxyl groups excluding tert-OH is 2. The second-order valence-corrected chi connectivity index (χ2v) is 17.8. The summed E-state index contributed by atoms with van der Waals surface area (Å²) in [6.45, 7) is 10.3. The number of aliphatic carboxylic acids is 1. The zero-order valence-corrected chi connectivity index (χ0v) is 36.7. The molecule has 4 heterocycles. The maximum absolute atomic E-state index is 13.9. The molecule has 348 valence electrons. The molecule has 0 aromatic carbocycles. The van der Waals surface area contributed by atoms with Gasteiger partial charge in [0.25, 0.3) is 5.91 Å². The van der Waals surface area contributed by atoms with Crippen LogP contribution >= 0.6 is 0 Å². The van der Waals surface area contributed by atoms with E-state index >= 15 is 0 Å². The monoisotopic (exact) mass is 877 g/mol. The number of carboxylic acids is 1. The Bertz CT molecular complexity index is 1670. The Hall–Kier alpha value is -4.89. The van der Waals surface area contributed by atoms with Crippen molar-refractivity contribution in [3.63, 3.8) is 0 Å². The Morgan fingerprint density at radius 2 is 1.08 bits per heavy atom. The van der Waals surface area contributed by atoms with E-state index < -0.39 is 114 Å². The summed E-state index contributed by atoms with van der Waals surface area (Å²) in [5.74, 6) is -6.97.